The molecular formula is C28H25FN2O3S. The van der Waals surface area contributed by atoms with Gasteiger partial charge in [-0.05, 0) is 54.4 Å². The molecule has 4 rings (SSSR count). The second kappa shape index (κ2) is 10.5. The number of sulfonamides is 1. The van der Waals surface area contributed by atoms with Crippen LogP contribution < -0.4 is 9.62 Å². The van der Waals surface area contributed by atoms with Gasteiger partial charge in [-0.2, -0.15) is 0 Å². The van der Waals surface area contributed by atoms with E-state index < -0.39 is 34.3 Å². The molecule has 0 saturated carbocycles. The molecule has 0 radical (unpaired) electrons. The van der Waals surface area contributed by atoms with Gasteiger partial charge in [0.15, 0.2) is 0 Å². The molecule has 7 heteroatoms. The van der Waals surface area contributed by atoms with Crippen LogP contribution in [0.5, 0.6) is 0 Å². The van der Waals surface area contributed by atoms with Gasteiger partial charge in [-0.15, -0.1) is 0 Å². The van der Waals surface area contributed by atoms with Crippen molar-refractivity contribution in [2.75, 3.05) is 10.8 Å². The van der Waals surface area contributed by atoms with Crippen LogP contribution in [0.15, 0.2) is 114 Å². The Morgan fingerprint density at radius 3 is 1.94 bits per heavy atom. The van der Waals surface area contributed by atoms with Crippen molar-refractivity contribution in [2.24, 2.45) is 0 Å². The minimum absolute atomic E-state index is 0.0373. The minimum atomic E-state index is -4.08. The predicted octanol–water partition coefficient (Wildman–Crippen LogP) is 5.24. The molecule has 0 bridgehead atoms. The van der Waals surface area contributed by atoms with E-state index in [2.05, 4.69) is 5.32 Å². The highest BCUT2D eigenvalue weighted by molar-refractivity contribution is 7.92. The summed E-state index contributed by atoms with van der Waals surface area (Å²) in [6.45, 7) is 1.51. The average Bonchev–Trinajstić information content (AvgIpc) is 2.88. The largest absolute Gasteiger partial charge is 0.344 e. The highest BCUT2D eigenvalue weighted by atomic mass is 32.2. The van der Waals surface area contributed by atoms with E-state index in [1.165, 1.54) is 36.4 Å². The second-order valence-corrected chi connectivity index (χ2v) is 9.99. The van der Waals surface area contributed by atoms with Gasteiger partial charge in [0.1, 0.15) is 12.4 Å². The SMILES string of the molecule is Cc1ccc([C@@H](NC(=O)CN(c2ccc(F)cc2)S(=O)(=O)c2ccccc2)c2ccccc2)cc1. The van der Waals surface area contributed by atoms with Crippen LogP contribution in [0.25, 0.3) is 0 Å². The molecule has 0 fully saturated rings. The van der Waals surface area contributed by atoms with E-state index in [1.54, 1.807) is 18.2 Å². The molecule has 1 atom stereocenters. The summed E-state index contributed by atoms with van der Waals surface area (Å²) in [6.07, 6.45) is 0. The number of carbonyl (C=O) groups excluding carboxylic acids is 1. The second-order valence-electron chi connectivity index (χ2n) is 8.12. The fourth-order valence-corrected chi connectivity index (χ4v) is 5.18. The monoisotopic (exact) mass is 488 g/mol. The summed E-state index contributed by atoms with van der Waals surface area (Å²) < 4.78 is 41.5. The zero-order chi connectivity index (χ0) is 24.8. The Balaban J connectivity index is 1.67. The van der Waals surface area contributed by atoms with Crippen molar-refractivity contribution in [1.82, 2.24) is 5.32 Å². The van der Waals surface area contributed by atoms with Crippen LogP contribution in [0.4, 0.5) is 10.1 Å². The van der Waals surface area contributed by atoms with E-state index in [4.69, 9.17) is 0 Å². The van der Waals surface area contributed by atoms with Crippen LogP contribution in [0.1, 0.15) is 22.7 Å². The molecule has 1 amide bonds. The quantitative estimate of drug-likeness (QED) is 0.369. The van der Waals surface area contributed by atoms with Crippen LogP contribution in [-0.4, -0.2) is 20.9 Å². The number of nitrogens with one attached hydrogen (secondary N) is 1. The third-order valence-corrected chi connectivity index (χ3v) is 7.37. The Morgan fingerprint density at radius 2 is 1.34 bits per heavy atom. The molecule has 0 unspecified atom stereocenters. The normalized spacial score (nSPS) is 12.1. The molecule has 0 aromatic heterocycles. The number of halogens is 1. The molecule has 4 aromatic carbocycles. The van der Waals surface area contributed by atoms with E-state index in [-0.39, 0.29) is 10.6 Å². The Labute approximate surface area is 204 Å². The molecular weight excluding hydrogens is 463 g/mol. The standard InChI is InChI=1S/C28H25FN2O3S/c1-21-12-14-23(15-13-21)28(22-8-4-2-5-9-22)30-27(32)20-31(25-18-16-24(29)17-19-25)35(33,34)26-10-6-3-7-11-26/h2-19,28H,20H2,1H3,(H,30,32)/t28-/m0/s1. The first-order valence-corrected chi connectivity index (χ1v) is 12.5. The molecule has 0 aliphatic carbocycles. The van der Waals surface area contributed by atoms with Crippen LogP contribution in [0.3, 0.4) is 0 Å². The number of aryl methyl sites for hydroxylation is 1. The Hall–Kier alpha value is -3.97. The molecule has 1 N–H and O–H groups in total. The van der Waals surface area contributed by atoms with Crippen LogP contribution >= 0.6 is 0 Å². The summed E-state index contributed by atoms with van der Waals surface area (Å²) in [5, 5.41) is 2.99. The van der Waals surface area contributed by atoms with Gasteiger partial charge in [-0.3, -0.25) is 9.10 Å². The first-order valence-electron chi connectivity index (χ1n) is 11.1. The third-order valence-electron chi connectivity index (χ3n) is 5.58. The van der Waals surface area contributed by atoms with Gasteiger partial charge in [0, 0.05) is 0 Å². The summed E-state index contributed by atoms with van der Waals surface area (Å²) >= 11 is 0. The van der Waals surface area contributed by atoms with Gasteiger partial charge in [-0.1, -0.05) is 78.4 Å². The molecule has 0 aliphatic heterocycles. The maximum atomic E-state index is 13.6. The van der Waals surface area contributed by atoms with E-state index in [9.17, 15) is 17.6 Å². The summed E-state index contributed by atoms with van der Waals surface area (Å²) in [5.41, 5.74) is 3.01. The van der Waals surface area contributed by atoms with Crippen molar-refractivity contribution in [2.45, 2.75) is 17.9 Å². The minimum Gasteiger partial charge on any atom is -0.344 e. The zero-order valence-corrected chi connectivity index (χ0v) is 20.0. The van der Waals surface area contributed by atoms with Gasteiger partial charge >= 0.3 is 0 Å². The van der Waals surface area contributed by atoms with Crippen molar-refractivity contribution in [3.8, 4) is 0 Å². The smallest absolute Gasteiger partial charge is 0.264 e. The Morgan fingerprint density at radius 1 is 0.800 bits per heavy atom. The maximum Gasteiger partial charge on any atom is 0.264 e. The average molecular weight is 489 g/mol. The number of benzene rings is 4. The third kappa shape index (κ3) is 5.75. The summed E-state index contributed by atoms with van der Waals surface area (Å²) in [6, 6.07) is 29.7. The molecule has 0 saturated heterocycles. The van der Waals surface area contributed by atoms with E-state index in [0.29, 0.717) is 0 Å². The number of anilines is 1. The number of rotatable bonds is 8. The number of amides is 1. The Kier molecular flexibility index (Phi) is 7.27. The van der Waals surface area contributed by atoms with Crippen molar-refractivity contribution < 1.29 is 17.6 Å². The number of nitrogens with zero attached hydrogens (tertiary/aromatic N) is 1. The predicted molar refractivity (Wildman–Crippen MR) is 135 cm³/mol. The van der Waals surface area contributed by atoms with Crippen LogP contribution in [0, 0.1) is 12.7 Å². The molecule has 0 aliphatic rings. The molecule has 0 heterocycles. The number of hydrogen-bond acceptors (Lipinski definition) is 3. The topological polar surface area (TPSA) is 66.5 Å². The number of carbonyl (C=O) groups is 1. The van der Waals surface area contributed by atoms with Crippen molar-refractivity contribution >= 4 is 21.6 Å². The molecule has 35 heavy (non-hydrogen) atoms. The van der Waals surface area contributed by atoms with E-state index in [0.717, 1.165) is 21.0 Å². The summed E-state index contributed by atoms with van der Waals surface area (Å²) in [4.78, 5) is 13.3. The van der Waals surface area contributed by atoms with Gasteiger partial charge in [0.05, 0.1) is 16.6 Å². The van der Waals surface area contributed by atoms with Crippen LogP contribution in [-0.2, 0) is 14.8 Å². The molecule has 4 aromatic rings. The Bertz CT molecular complexity index is 1380. The van der Waals surface area contributed by atoms with E-state index >= 15 is 0 Å². The molecule has 178 valence electrons. The lowest BCUT2D eigenvalue weighted by Crippen LogP contribution is -2.42. The van der Waals surface area contributed by atoms with Gasteiger partial charge in [0.25, 0.3) is 10.0 Å². The van der Waals surface area contributed by atoms with Crippen LogP contribution in [0.2, 0.25) is 0 Å². The highest BCUT2D eigenvalue weighted by Gasteiger charge is 2.28. The number of hydrogen-bond donors (Lipinski definition) is 1. The lowest BCUT2D eigenvalue weighted by Gasteiger charge is -2.26. The fraction of sp³-hybridized carbons (Fsp3) is 0.107. The summed E-state index contributed by atoms with van der Waals surface area (Å²) in [5.74, 6) is -0.998. The zero-order valence-electron chi connectivity index (χ0n) is 19.1. The maximum absolute atomic E-state index is 13.6. The van der Waals surface area contributed by atoms with Gasteiger partial charge in [0.2, 0.25) is 5.91 Å². The van der Waals surface area contributed by atoms with Gasteiger partial charge in [-0.25, -0.2) is 12.8 Å². The first kappa shape index (κ1) is 24.2. The van der Waals surface area contributed by atoms with Crippen molar-refractivity contribution in [3.05, 3.63) is 132 Å². The fourth-order valence-electron chi connectivity index (χ4n) is 3.74. The molecule has 0 spiro atoms. The van der Waals surface area contributed by atoms with Crippen molar-refractivity contribution in [3.63, 3.8) is 0 Å². The molecule has 5 nitrogen and oxygen atoms in total. The summed E-state index contributed by atoms with van der Waals surface area (Å²) in [7, 11) is -4.08. The first-order chi connectivity index (χ1) is 16.8. The highest BCUT2D eigenvalue weighted by Crippen LogP contribution is 2.26. The lowest BCUT2D eigenvalue weighted by atomic mass is 9.98. The van der Waals surface area contributed by atoms with Crippen molar-refractivity contribution in [1.29, 1.82) is 0 Å². The van der Waals surface area contributed by atoms with Gasteiger partial charge < -0.3 is 5.32 Å². The van der Waals surface area contributed by atoms with E-state index in [1.807, 2.05) is 61.5 Å². The lowest BCUT2D eigenvalue weighted by molar-refractivity contribution is -0.120.